The van der Waals surface area contributed by atoms with Crippen LogP contribution in [0.25, 0.3) is 11.4 Å². The molecule has 0 aliphatic carbocycles. The molecule has 0 spiro atoms. The largest absolute Gasteiger partial charge is 0.391 e. The number of halogens is 2. The summed E-state index contributed by atoms with van der Waals surface area (Å²) in [5.74, 6) is 0.0861. The number of rotatable bonds is 6. The van der Waals surface area contributed by atoms with Crippen LogP contribution >= 0.6 is 11.6 Å². The Hall–Kier alpha value is -3.26. The number of nitrogens with one attached hydrogen (secondary N) is 1. The maximum Gasteiger partial charge on any atom is 0.269 e. The van der Waals surface area contributed by atoms with Crippen LogP contribution in [0.2, 0.25) is 5.02 Å². The predicted octanol–water partition coefficient (Wildman–Crippen LogP) is 3.53. The Morgan fingerprint density at radius 1 is 1.17 bits per heavy atom. The van der Waals surface area contributed by atoms with Gasteiger partial charge in [0.1, 0.15) is 17.6 Å². The zero-order chi connectivity index (χ0) is 20.2. The standard InChI is InChI=1S/C20H16ClFN4O3/c21-14-5-1-12(2-6-14)11-23-20(27)17-9-16(28-25-17)10-18-24-19(26-29-18)13-3-7-15(22)8-4-13/h1-8,16H,9-11H2,(H,23,27)/t16-/m1/s1. The molecule has 0 saturated carbocycles. The Bertz CT molecular complexity index is 1030. The molecule has 0 saturated heterocycles. The molecule has 4 rings (SSSR count). The minimum atomic E-state index is -0.368. The Balaban J connectivity index is 1.29. The van der Waals surface area contributed by atoms with Gasteiger partial charge in [0.2, 0.25) is 11.7 Å². The first-order chi connectivity index (χ1) is 14.1. The molecular weight excluding hydrogens is 399 g/mol. The highest BCUT2D eigenvalue weighted by molar-refractivity contribution is 6.39. The lowest BCUT2D eigenvalue weighted by Crippen LogP contribution is -2.30. The SMILES string of the molecule is O=C(NCc1ccc(Cl)cc1)C1=NO[C@@H](Cc2nc(-c3ccc(F)cc3)no2)C1. The second kappa shape index (κ2) is 8.40. The Labute approximate surface area is 170 Å². The van der Waals surface area contributed by atoms with E-state index in [1.54, 1.807) is 24.3 Å². The van der Waals surface area contributed by atoms with Gasteiger partial charge in [-0.05, 0) is 42.0 Å². The average Bonchev–Trinajstić information content (AvgIpc) is 3.38. The van der Waals surface area contributed by atoms with E-state index in [4.69, 9.17) is 21.0 Å². The van der Waals surface area contributed by atoms with Gasteiger partial charge in [0.15, 0.2) is 0 Å². The van der Waals surface area contributed by atoms with Crippen molar-refractivity contribution < 1.29 is 18.5 Å². The first-order valence-corrected chi connectivity index (χ1v) is 9.28. The summed E-state index contributed by atoms with van der Waals surface area (Å²) in [6, 6.07) is 13.0. The molecule has 1 aromatic heterocycles. The molecule has 1 aliphatic rings. The summed E-state index contributed by atoms with van der Waals surface area (Å²) in [6.07, 6.45) is 0.277. The fourth-order valence-corrected chi connectivity index (χ4v) is 2.93. The Morgan fingerprint density at radius 3 is 2.69 bits per heavy atom. The van der Waals surface area contributed by atoms with E-state index in [0.29, 0.717) is 47.4 Å². The summed E-state index contributed by atoms with van der Waals surface area (Å²) >= 11 is 5.85. The maximum atomic E-state index is 13.0. The van der Waals surface area contributed by atoms with E-state index < -0.39 is 0 Å². The molecule has 0 unspecified atom stereocenters. The molecule has 3 aromatic rings. The molecule has 9 heteroatoms. The smallest absolute Gasteiger partial charge is 0.269 e. The van der Waals surface area contributed by atoms with Crippen LogP contribution < -0.4 is 5.32 Å². The van der Waals surface area contributed by atoms with Crippen LogP contribution in [0, 0.1) is 5.82 Å². The average molecular weight is 415 g/mol. The first kappa shape index (κ1) is 19.1. The molecule has 1 amide bonds. The molecule has 7 nitrogen and oxygen atoms in total. The fraction of sp³-hybridized carbons (Fsp3) is 0.200. The third kappa shape index (κ3) is 4.78. The summed E-state index contributed by atoms with van der Waals surface area (Å²) in [7, 11) is 0. The van der Waals surface area contributed by atoms with Crippen molar-refractivity contribution in [3.05, 3.63) is 70.8 Å². The number of amides is 1. The minimum absolute atomic E-state index is 0.292. The number of carbonyl (C=O) groups excluding carboxylic acids is 1. The molecule has 0 bridgehead atoms. The molecule has 0 radical (unpaired) electrons. The number of hydrogen-bond donors (Lipinski definition) is 1. The van der Waals surface area contributed by atoms with Crippen LogP contribution in [-0.2, 0) is 22.6 Å². The van der Waals surface area contributed by atoms with Crippen molar-refractivity contribution in [2.75, 3.05) is 0 Å². The van der Waals surface area contributed by atoms with E-state index in [9.17, 15) is 9.18 Å². The van der Waals surface area contributed by atoms with Crippen molar-refractivity contribution >= 4 is 23.2 Å². The molecule has 1 atom stereocenters. The van der Waals surface area contributed by atoms with Crippen LogP contribution in [0.15, 0.2) is 58.2 Å². The van der Waals surface area contributed by atoms with Gasteiger partial charge in [-0.25, -0.2) is 4.39 Å². The van der Waals surface area contributed by atoms with Crippen LogP contribution in [0.5, 0.6) is 0 Å². The third-order valence-corrected chi connectivity index (χ3v) is 4.59. The fourth-order valence-electron chi connectivity index (χ4n) is 2.81. The summed E-state index contributed by atoms with van der Waals surface area (Å²) in [5.41, 5.74) is 1.88. The van der Waals surface area contributed by atoms with Crippen molar-refractivity contribution in [1.82, 2.24) is 15.5 Å². The quantitative estimate of drug-likeness (QED) is 0.666. The number of oxime groups is 1. The lowest BCUT2D eigenvalue weighted by atomic mass is 10.1. The first-order valence-electron chi connectivity index (χ1n) is 8.90. The summed E-state index contributed by atoms with van der Waals surface area (Å²) in [4.78, 5) is 21.9. The van der Waals surface area contributed by atoms with Crippen LogP contribution in [0.3, 0.4) is 0 Å². The molecular formula is C20H16ClFN4O3. The van der Waals surface area contributed by atoms with E-state index >= 15 is 0 Å². The van der Waals surface area contributed by atoms with Crippen LogP contribution in [0.4, 0.5) is 4.39 Å². The van der Waals surface area contributed by atoms with Crippen LogP contribution in [-0.4, -0.2) is 27.9 Å². The molecule has 2 heterocycles. The number of hydrogen-bond acceptors (Lipinski definition) is 6. The molecule has 2 aromatic carbocycles. The van der Waals surface area contributed by atoms with Gasteiger partial charge in [-0.3, -0.25) is 4.79 Å². The Morgan fingerprint density at radius 2 is 1.93 bits per heavy atom. The second-order valence-electron chi connectivity index (χ2n) is 6.50. The van der Waals surface area contributed by atoms with Crippen molar-refractivity contribution in [3.63, 3.8) is 0 Å². The van der Waals surface area contributed by atoms with Gasteiger partial charge >= 0.3 is 0 Å². The van der Waals surface area contributed by atoms with Gasteiger partial charge in [-0.2, -0.15) is 4.98 Å². The van der Waals surface area contributed by atoms with Gasteiger partial charge in [0.25, 0.3) is 5.91 Å². The lowest BCUT2D eigenvalue weighted by molar-refractivity contribution is -0.115. The number of nitrogens with zero attached hydrogens (tertiary/aromatic N) is 3. The monoisotopic (exact) mass is 414 g/mol. The van der Waals surface area contributed by atoms with E-state index in [0.717, 1.165) is 5.56 Å². The summed E-state index contributed by atoms with van der Waals surface area (Å²) < 4.78 is 18.2. The van der Waals surface area contributed by atoms with Crippen molar-refractivity contribution in [1.29, 1.82) is 0 Å². The zero-order valence-corrected chi connectivity index (χ0v) is 15.9. The zero-order valence-electron chi connectivity index (χ0n) is 15.1. The molecule has 0 fully saturated rings. The van der Waals surface area contributed by atoms with Gasteiger partial charge < -0.3 is 14.7 Å². The maximum absolute atomic E-state index is 13.0. The normalized spacial score (nSPS) is 15.7. The summed E-state index contributed by atoms with van der Waals surface area (Å²) in [5, 5.41) is 11.2. The van der Waals surface area contributed by atoms with Gasteiger partial charge in [0.05, 0.1) is 6.42 Å². The van der Waals surface area contributed by atoms with Crippen molar-refractivity contribution in [2.45, 2.75) is 25.5 Å². The highest BCUT2D eigenvalue weighted by atomic mass is 35.5. The molecule has 29 heavy (non-hydrogen) atoms. The summed E-state index contributed by atoms with van der Waals surface area (Å²) in [6.45, 7) is 0.365. The van der Waals surface area contributed by atoms with E-state index in [1.807, 2.05) is 12.1 Å². The third-order valence-electron chi connectivity index (χ3n) is 4.33. The second-order valence-corrected chi connectivity index (χ2v) is 6.94. The molecule has 1 aliphatic heterocycles. The lowest BCUT2D eigenvalue weighted by Gasteiger charge is -2.05. The molecule has 1 N–H and O–H groups in total. The number of carbonyl (C=O) groups is 1. The molecule has 148 valence electrons. The number of benzene rings is 2. The van der Waals surface area contributed by atoms with Gasteiger partial charge in [0, 0.05) is 23.6 Å². The van der Waals surface area contributed by atoms with Crippen molar-refractivity contribution in [3.8, 4) is 11.4 Å². The van der Waals surface area contributed by atoms with Gasteiger partial charge in [-0.15, -0.1) is 0 Å². The van der Waals surface area contributed by atoms with Crippen LogP contribution in [0.1, 0.15) is 17.9 Å². The van der Waals surface area contributed by atoms with Crippen molar-refractivity contribution in [2.24, 2.45) is 5.16 Å². The highest BCUT2D eigenvalue weighted by Crippen LogP contribution is 2.19. The highest BCUT2D eigenvalue weighted by Gasteiger charge is 2.28. The van der Waals surface area contributed by atoms with E-state index in [1.165, 1.54) is 12.1 Å². The van der Waals surface area contributed by atoms with Gasteiger partial charge in [-0.1, -0.05) is 34.0 Å². The predicted molar refractivity (Wildman–Crippen MR) is 104 cm³/mol. The topological polar surface area (TPSA) is 89.6 Å². The Kier molecular flexibility index (Phi) is 5.53. The van der Waals surface area contributed by atoms with E-state index in [2.05, 4.69) is 20.6 Å². The minimum Gasteiger partial charge on any atom is -0.391 e. The number of aromatic nitrogens is 2. The van der Waals surface area contributed by atoms with E-state index in [-0.39, 0.29) is 17.8 Å².